The predicted octanol–water partition coefficient (Wildman–Crippen LogP) is 3.31. The Hall–Kier alpha value is -2.54. The van der Waals surface area contributed by atoms with E-state index in [0.29, 0.717) is 11.4 Å². The average Bonchev–Trinajstić information content (AvgIpc) is 2.54. The molecule has 0 saturated carbocycles. The lowest BCUT2D eigenvalue weighted by Crippen LogP contribution is -2.24. The van der Waals surface area contributed by atoms with E-state index in [4.69, 9.17) is 0 Å². The zero-order valence-electron chi connectivity index (χ0n) is 12.4. The van der Waals surface area contributed by atoms with Gasteiger partial charge in [-0.1, -0.05) is 6.07 Å². The Morgan fingerprint density at radius 1 is 1.04 bits per heavy atom. The van der Waals surface area contributed by atoms with Crippen LogP contribution < -0.4 is 16.0 Å². The minimum absolute atomic E-state index is 0.184. The molecule has 23 heavy (non-hydrogen) atoms. The molecule has 0 heterocycles. The summed E-state index contributed by atoms with van der Waals surface area (Å²) in [5, 5.41) is 7.82. The van der Waals surface area contributed by atoms with E-state index in [1.807, 2.05) is 0 Å². The van der Waals surface area contributed by atoms with Gasteiger partial charge in [-0.3, -0.25) is 4.79 Å². The van der Waals surface area contributed by atoms with Gasteiger partial charge in [0.05, 0.1) is 5.75 Å². The average molecular weight is 333 g/mol. The summed E-state index contributed by atoms with van der Waals surface area (Å²) < 4.78 is 12.8. The van der Waals surface area contributed by atoms with Crippen molar-refractivity contribution in [2.45, 2.75) is 4.90 Å². The second kappa shape index (κ2) is 8.19. The Morgan fingerprint density at radius 3 is 2.35 bits per heavy atom. The smallest absolute Gasteiger partial charge is 0.318 e. The lowest BCUT2D eigenvalue weighted by Gasteiger charge is -2.08. The molecule has 0 aliphatic heterocycles. The number of benzene rings is 2. The van der Waals surface area contributed by atoms with Crippen LogP contribution >= 0.6 is 11.8 Å². The topological polar surface area (TPSA) is 70.2 Å². The Balaban J connectivity index is 1.88. The van der Waals surface area contributed by atoms with Gasteiger partial charge in [-0.25, -0.2) is 9.18 Å². The number of anilines is 2. The summed E-state index contributed by atoms with van der Waals surface area (Å²) in [4.78, 5) is 24.0. The van der Waals surface area contributed by atoms with Gasteiger partial charge in [0, 0.05) is 23.3 Å². The van der Waals surface area contributed by atoms with Crippen molar-refractivity contribution >= 4 is 35.1 Å². The Kier molecular flexibility index (Phi) is 5.99. The standard InChI is InChI=1S/C16H16FN3O2S/c1-18-16(22)20-13-4-2-3-12(9-13)19-15(21)10-23-14-7-5-11(17)6-8-14/h2-9H,10H2,1H3,(H,19,21)(H2,18,20,22). The molecule has 0 bridgehead atoms. The highest BCUT2D eigenvalue weighted by molar-refractivity contribution is 8.00. The maximum atomic E-state index is 12.8. The first-order valence-electron chi connectivity index (χ1n) is 6.84. The number of amides is 3. The van der Waals surface area contributed by atoms with Crippen LogP contribution in [-0.4, -0.2) is 24.7 Å². The zero-order chi connectivity index (χ0) is 16.7. The normalized spacial score (nSPS) is 10.0. The largest absolute Gasteiger partial charge is 0.341 e. The first-order valence-corrected chi connectivity index (χ1v) is 7.82. The molecule has 0 saturated heterocycles. The van der Waals surface area contributed by atoms with Gasteiger partial charge in [0.2, 0.25) is 5.91 Å². The van der Waals surface area contributed by atoms with E-state index in [2.05, 4.69) is 16.0 Å². The van der Waals surface area contributed by atoms with Crippen molar-refractivity contribution in [3.05, 3.63) is 54.3 Å². The zero-order valence-corrected chi connectivity index (χ0v) is 13.2. The maximum absolute atomic E-state index is 12.8. The number of hydrogen-bond acceptors (Lipinski definition) is 3. The molecule has 0 fully saturated rings. The fourth-order valence-electron chi connectivity index (χ4n) is 1.75. The number of halogens is 1. The minimum Gasteiger partial charge on any atom is -0.341 e. The quantitative estimate of drug-likeness (QED) is 0.735. The van der Waals surface area contributed by atoms with E-state index < -0.39 is 0 Å². The molecule has 0 unspecified atom stereocenters. The molecule has 3 amide bonds. The molecule has 2 rings (SSSR count). The molecule has 2 aromatic carbocycles. The van der Waals surface area contributed by atoms with Crippen LogP contribution in [0.3, 0.4) is 0 Å². The van der Waals surface area contributed by atoms with E-state index in [9.17, 15) is 14.0 Å². The highest BCUT2D eigenvalue weighted by atomic mass is 32.2. The summed E-state index contributed by atoms with van der Waals surface area (Å²) in [6.45, 7) is 0. The highest BCUT2D eigenvalue weighted by Crippen LogP contribution is 2.19. The third-order valence-electron chi connectivity index (χ3n) is 2.81. The molecular weight excluding hydrogens is 317 g/mol. The lowest BCUT2D eigenvalue weighted by atomic mass is 10.3. The van der Waals surface area contributed by atoms with Gasteiger partial charge in [0.15, 0.2) is 0 Å². The number of nitrogens with one attached hydrogen (secondary N) is 3. The summed E-state index contributed by atoms with van der Waals surface area (Å²) >= 11 is 1.32. The van der Waals surface area contributed by atoms with Gasteiger partial charge in [-0.2, -0.15) is 0 Å². The molecule has 3 N–H and O–H groups in total. The molecule has 0 aliphatic carbocycles. The van der Waals surface area contributed by atoms with Crippen LogP contribution in [0, 0.1) is 5.82 Å². The van der Waals surface area contributed by atoms with Crippen molar-refractivity contribution in [3.63, 3.8) is 0 Å². The van der Waals surface area contributed by atoms with Crippen LogP contribution in [0.15, 0.2) is 53.4 Å². The molecule has 0 spiro atoms. The Morgan fingerprint density at radius 2 is 1.70 bits per heavy atom. The van der Waals surface area contributed by atoms with Crippen LogP contribution in [0.4, 0.5) is 20.6 Å². The van der Waals surface area contributed by atoms with Gasteiger partial charge in [-0.05, 0) is 42.5 Å². The second-order valence-electron chi connectivity index (χ2n) is 4.58. The monoisotopic (exact) mass is 333 g/mol. The van der Waals surface area contributed by atoms with Crippen LogP contribution in [0.1, 0.15) is 0 Å². The predicted molar refractivity (Wildman–Crippen MR) is 90.3 cm³/mol. The van der Waals surface area contributed by atoms with Crippen LogP contribution in [-0.2, 0) is 4.79 Å². The molecule has 0 atom stereocenters. The molecule has 7 heteroatoms. The van der Waals surface area contributed by atoms with Crippen molar-refractivity contribution in [2.75, 3.05) is 23.4 Å². The van der Waals surface area contributed by atoms with Crippen LogP contribution in [0.2, 0.25) is 0 Å². The number of hydrogen-bond donors (Lipinski definition) is 3. The second-order valence-corrected chi connectivity index (χ2v) is 5.62. The van der Waals surface area contributed by atoms with Crippen molar-refractivity contribution in [1.82, 2.24) is 5.32 Å². The van der Waals surface area contributed by atoms with E-state index in [-0.39, 0.29) is 23.5 Å². The molecule has 5 nitrogen and oxygen atoms in total. The lowest BCUT2D eigenvalue weighted by molar-refractivity contribution is -0.113. The molecular formula is C16H16FN3O2S. The molecule has 120 valence electrons. The highest BCUT2D eigenvalue weighted by Gasteiger charge is 2.05. The summed E-state index contributed by atoms with van der Waals surface area (Å²) in [5.41, 5.74) is 1.16. The fraction of sp³-hybridized carbons (Fsp3) is 0.125. The van der Waals surface area contributed by atoms with Gasteiger partial charge >= 0.3 is 6.03 Å². The van der Waals surface area contributed by atoms with Gasteiger partial charge < -0.3 is 16.0 Å². The summed E-state index contributed by atoms with van der Waals surface area (Å²) in [6.07, 6.45) is 0. The number of rotatable bonds is 5. The van der Waals surface area contributed by atoms with Crippen molar-refractivity contribution in [2.24, 2.45) is 0 Å². The van der Waals surface area contributed by atoms with Crippen LogP contribution in [0.5, 0.6) is 0 Å². The summed E-state index contributed by atoms with van der Waals surface area (Å²) in [5.74, 6) is -0.283. The Bertz CT molecular complexity index is 692. The van der Waals surface area contributed by atoms with E-state index >= 15 is 0 Å². The number of thioether (sulfide) groups is 1. The first-order chi connectivity index (χ1) is 11.1. The fourth-order valence-corrected chi connectivity index (χ4v) is 2.44. The minimum atomic E-state index is -0.333. The van der Waals surface area contributed by atoms with Crippen molar-refractivity contribution < 1.29 is 14.0 Å². The molecule has 2 aromatic rings. The van der Waals surface area contributed by atoms with Crippen molar-refractivity contribution in [1.29, 1.82) is 0 Å². The number of urea groups is 1. The third-order valence-corrected chi connectivity index (χ3v) is 3.83. The van der Waals surface area contributed by atoms with Gasteiger partial charge in [0.1, 0.15) is 5.82 Å². The third kappa shape index (κ3) is 5.63. The summed E-state index contributed by atoms with van der Waals surface area (Å²) in [7, 11) is 1.52. The Labute approximate surface area is 137 Å². The van der Waals surface area contributed by atoms with Gasteiger partial charge in [0.25, 0.3) is 0 Å². The molecule has 0 radical (unpaired) electrons. The van der Waals surface area contributed by atoms with E-state index in [0.717, 1.165) is 4.90 Å². The van der Waals surface area contributed by atoms with Gasteiger partial charge in [-0.15, -0.1) is 11.8 Å². The first kappa shape index (κ1) is 16.8. The maximum Gasteiger partial charge on any atom is 0.318 e. The SMILES string of the molecule is CNC(=O)Nc1cccc(NC(=O)CSc2ccc(F)cc2)c1. The van der Waals surface area contributed by atoms with Crippen molar-refractivity contribution in [3.8, 4) is 0 Å². The van der Waals surface area contributed by atoms with E-state index in [1.54, 1.807) is 36.4 Å². The van der Waals surface area contributed by atoms with E-state index in [1.165, 1.54) is 30.9 Å². The molecule has 0 aliphatic rings. The number of carbonyl (C=O) groups is 2. The summed E-state index contributed by atoms with van der Waals surface area (Å²) in [6, 6.07) is 12.5. The van der Waals surface area contributed by atoms with Crippen LogP contribution in [0.25, 0.3) is 0 Å². The number of carbonyl (C=O) groups excluding carboxylic acids is 2. The molecule has 0 aromatic heterocycles.